The van der Waals surface area contributed by atoms with Gasteiger partial charge in [0.2, 0.25) is 0 Å². The van der Waals surface area contributed by atoms with E-state index in [1.807, 2.05) is 0 Å². The molecular weight excluding hydrogens is 256 g/mol. The molecule has 4 nitrogen and oxygen atoms in total. The molecule has 1 aliphatic heterocycles. The number of unbranched alkanes of at least 4 members (excludes halogenated alkanes) is 2. The third-order valence-corrected chi connectivity index (χ3v) is 3.88. The number of ether oxygens (including phenoxy) is 1. The Balaban J connectivity index is 2.01. The summed E-state index contributed by atoms with van der Waals surface area (Å²) < 4.78 is 6.03. The zero-order valence-electron chi connectivity index (χ0n) is 12.0. The quantitative estimate of drug-likeness (QED) is 0.572. The highest BCUT2D eigenvalue weighted by molar-refractivity contribution is 5.41. The van der Waals surface area contributed by atoms with Crippen molar-refractivity contribution in [1.29, 1.82) is 0 Å². The zero-order valence-corrected chi connectivity index (χ0v) is 12.0. The van der Waals surface area contributed by atoms with Gasteiger partial charge in [0.25, 0.3) is 0 Å². The largest absolute Gasteiger partial charge is 0.504 e. The molecule has 2 rings (SSSR count). The maximum absolute atomic E-state index is 10.00. The molecule has 1 aromatic rings. The molecule has 112 valence electrons. The summed E-state index contributed by atoms with van der Waals surface area (Å²) in [4.78, 5) is 0. The Morgan fingerprint density at radius 3 is 2.65 bits per heavy atom. The van der Waals surface area contributed by atoms with Crippen molar-refractivity contribution in [2.45, 2.75) is 63.8 Å². The number of aromatic hydroxyl groups is 2. The molecule has 0 spiro atoms. The minimum Gasteiger partial charge on any atom is -0.504 e. The van der Waals surface area contributed by atoms with Crippen LogP contribution in [0.1, 0.15) is 57.1 Å². The van der Waals surface area contributed by atoms with E-state index in [0.717, 1.165) is 18.4 Å². The molecule has 3 N–H and O–H groups in total. The standard InChI is InChI=1S/C16H24O4/c1-2-3-4-5-13-9-12(17)10-16(20-13)11-6-7-14(18)15(19)8-11/h6-8,12-13,16-19H,2-5,9-10H2,1H3/t12-,13+,16+/m0/s1. The first-order valence-electron chi connectivity index (χ1n) is 7.45. The summed E-state index contributed by atoms with van der Waals surface area (Å²) in [6, 6.07) is 4.71. The first kappa shape index (κ1) is 15.1. The van der Waals surface area contributed by atoms with E-state index in [2.05, 4.69) is 6.92 Å². The van der Waals surface area contributed by atoms with Crippen molar-refractivity contribution in [2.75, 3.05) is 0 Å². The van der Waals surface area contributed by atoms with Crippen LogP contribution in [0.3, 0.4) is 0 Å². The van der Waals surface area contributed by atoms with Crippen molar-refractivity contribution in [1.82, 2.24) is 0 Å². The van der Waals surface area contributed by atoms with E-state index in [9.17, 15) is 15.3 Å². The first-order chi connectivity index (χ1) is 9.60. The first-order valence-corrected chi connectivity index (χ1v) is 7.45. The van der Waals surface area contributed by atoms with Gasteiger partial charge in [0.15, 0.2) is 11.5 Å². The number of aliphatic hydroxyl groups is 1. The van der Waals surface area contributed by atoms with Gasteiger partial charge in [0, 0.05) is 6.42 Å². The number of benzene rings is 1. The highest BCUT2D eigenvalue weighted by Crippen LogP contribution is 2.36. The zero-order chi connectivity index (χ0) is 14.5. The maximum atomic E-state index is 10.00. The van der Waals surface area contributed by atoms with Gasteiger partial charge in [-0.05, 0) is 30.5 Å². The number of hydrogen-bond acceptors (Lipinski definition) is 4. The molecule has 1 aromatic carbocycles. The van der Waals surface area contributed by atoms with Crippen molar-refractivity contribution in [3.63, 3.8) is 0 Å². The maximum Gasteiger partial charge on any atom is 0.157 e. The molecule has 0 aliphatic carbocycles. The van der Waals surface area contributed by atoms with Crippen LogP contribution < -0.4 is 0 Å². The van der Waals surface area contributed by atoms with E-state index >= 15 is 0 Å². The van der Waals surface area contributed by atoms with E-state index in [-0.39, 0.29) is 29.8 Å². The fraction of sp³-hybridized carbons (Fsp3) is 0.625. The van der Waals surface area contributed by atoms with Crippen LogP contribution in [-0.4, -0.2) is 27.5 Å². The van der Waals surface area contributed by atoms with Crippen molar-refractivity contribution in [3.05, 3.63) is 23.8 Å². The average molecular weight is 280 g/mol. The third kappa shape index (κ3) is 3.87. The van der Waals surface area contributed by atoms with E-state index in [4.69, 9.17) is 4.74 Å². The number of aliphatic hydroxyl groups excluding tert-OH is 1. The highest BCUT2D eigenvalue weighted by Gasteiger charge is 2.29. The third-order valence-electron chi connectivity index (χ3n) is 3.88. The predicted octanol–water partition coefficient (Wildman–Crippen LogP) is 3.26. The van der Waals surface area contributed by atoms with Gasteiger partial charge in [-0.15, -0.1) is 0 Å². The van der Waals surface area contributed by atoms with Crippen molar-refractivity contribution >= 4 is 0 Å². The number of hydrogen-bond donors (Lipinski definition) is 3. The molecular formula is C16H24O4. The monoisotopic (exact) mass is 280 g/mol. The lowest BCUT2D eigenvalue weighted by atomic mass is 9.93. The van der Waals surface area contributed by atoms with E-state index in [0.29, 0.717) is 12.8 Å². The summed E-state index contributed by atoms with van der Waals surface area (Å²) in [7, 11) is 0. The lowest BCUT2D eigenvalue weighted by Gasteiger charge is -2.33. The van der Waals surface area contributed by atoms with Gasteiger partial charge in [-0.25, -0.2) is 0 Å². The van der Waals surface area contributed by atoms with Crippen LogP contribution in [0.25, 0.3) is 0 Å². The topological polar surface area (TPSA) is 69.9 Å². The molecule has 0 bridgehead atoms. The second-order valence-electron chi connectivity index (χ2n) is 5.62. The Hall–Kier alpha value is -1.26. The lowest BCUT2D eigenvalue weighted by Crippen LogP contribution is -2.31. The van der Waals surface area contributed by atoms with Crippen molar-refractivity contribution in [2.24, 2.45) is 0 Å². The summed E-state index contributed by atoms with van der Waals surface area (Å²) in [5, 5.41) is 28.9. The lowest BCUT2D eigenvalue weighted by molar-refractivity contribution is -0.101. The minimum absolute atomic E-state index is 0.0752. The summed E-state index contributed by atoms with van der Waals surface area (Å²) in [6.07, 6.45) is 5.15. The molecule has 0 amide bonds. The van der Waals surface area contributed by atoms with Gasteiger partial charge in [0.05, 0.1) is 18.3 Å². The molecule has 0 radical (unpaired) electrons. The molecule has 1 heterocycles. The normalized spacial score (nSPS) is 26.6. The highest BCUT2D eigenvalue weighted by atomic mass is 16.5. The van der Waals surface area contributed by atoms with Crippen LogP contribution in [-0.2, 0) is 4.74 Å². The Kier molecular flexibility index (Phi) is 5.26. The van der Waals surface area contributed by atoms with E-state index in [1.165, 1.54) is 25.0 Å². The van der Waals surface area contributed by atoms with Crippen LogP contribution in [0.15, 0.2) is 18.2 Å². The van der Waals surface area contributed by atoms with Crippen molar-refractivity contribution < 1.29 is 20.1 Å². The van der Waals surface area contributed by atoms with Gasteiger partial charge >= 0.3 is 0 Å². The van der Waals surface area contributed by atoms with Crippen LogP contribution in [0.2, 0.25) is 0 Å². The van der Waals surface area contributed by atoms with Crippen LogP contribution in [0.5, 0.6) is 11.5 Å². The molecule has 1 fully saturated rings. The van der Waals surface area contributed by atoms with Gasteiger partial charge in [-0.2, -0.15) is 0 Å². The Labute approximate surface area is 120 Å². The fourth-order valence-corrected chi connectivity index (χ4v) is 2.75. The average Bonchev–Trinajstić information content (AvgIpc) is 2.41. The smallest absolute Gasteiger partial charge is 0.157 e. The molecule has 20 heavy (non-hydrogen) atoms. The van der Waals surface area contributed by atoms with Gasteiger partial charge < -0.3 is 20.1 Å². The van der Waals surface area contributed by atoms with Crippen LogP contribution in [0.4, 0.5) is 0 Å². The summed E-state index contributed by atoms with van der Waals surface area (Å²) in [5.74, 6) is -0.279. The molecule has 0 saturated carbocycles. The second-order valence-corrected chi connectivity index (χ2v) is 5.62. The fourth-order valence-electron chi connectivity index (χ4n) is 2.75. The van der Waals surface area contributed by atoms with Gasteiger partial charge in [-0.1, -0.05) is 32.3 Å². The molecule has 4 heteroatoms. The molecule has 0 aromatic heterocycles. The molecule has 3 atom stereocenters. The SMILES string of the molecule is CCCCC[C@@H]1C[C@H](O)C[C@H](c2ccc(O)c(O)c2)O1. The number of phenols is 2. The minimum atomic E-state index is -0.365. The Morgan fingerprint density at radius 1 is 1.15 bits per heavy atom. The van der Waals surface area contributed by atoms with E-state index < -0.39 is 0 Å². The van der Waals surface area contributed by atoms with Gasteiger partial charge in [-0.3, -0.25) is 0 Å². The Morgan fingerprint density at radius 2 is 1.95 bits per heavy atom. The van der Waals surface area contributed by atoms with Gasteiger partial charge in [0.1, 0.15) is 0 Å². The molecule has 1 saturated heterocycles. The van der Waals surface area contributed by atoms with Crippen LogP contribution in [0, 0.1) is 0 Å². The van der Waals surface area contributed by atoms with Crippen molar-refractivity contribution in [3.8, 4) is 11.5 Å². The number of rotatable bonds is 5. The second kappa shape index (κ2) is 6.95. The van der Waals surface area contributed by atoms with Crippen LogP contribution >= 0.6 is 0 Å². The molecule has 0 unspecified atom stereocenters. The van der Waals surface area contributed by atoms with E-state index in [1.54, 1.807) is 6.07 Å². The predicted molar refractivity (Wildman–Crippen MR) is 76.8 cm³/mol. The molecule has 1 aliphatic rings. The summed E-state index contributed by atoms with van der Waals surface area (Å²) >= 11 is 0. The Bertz CT molecular complexity index is 432. The summed E-state index contributed by atoms with van der Waals surface area (Å²) in [5.41, 5.74) is 0.805. The summed E-state index contributed by atoms with van der Waals surface area (Å²) in [6.45, 7) is 2.17. The number of phenolic OH excluding ortho intramolecular Hbond substituents is 2.